The highest BCUT2D eigenvalue weighted by atomic mass is 32.2. The summed E-state index contributed by atoms with van der Waals surface area (Å²) < 4.78 is 24.3. The van der Waals surface area contributed by atoms with E-state index in [1.807, 2.05) is 0 Å². The zero-order valence-corrected chi connectivity index (χ0v) is 14.7. The molecule has 0 aliphatic carbocycles. The molecule has 0 saturated carbocycles. The fourth-order valence-corrected chi connectivity index (χ4v) is 3.17. The largest absolute Gasteiger partial charge is 0.465 e. The number of carbonyl (C=O) groups is 2. The predicted molar refractivity (Wildman–Crippen MR) is 89.8 cm³/mol. The molecular weight excluding hydrogens is 366 g/mol. The summed E-state index contributed by atoms with van der Waals surface area (Å²) >= 11 is 0. The molecule has 12 heteroatoms. The molecule has 26 heavy (non-hydrogen) atoms. The van der Waals surface area contributed by atoms with Crippen LogP contribution >= 0.6 is 0 Å². The molecule has 1 N–H and O–H groups in total. The first-order valence-corrected chi connectivity index (χ1v) is 9.34. The van der Waals surface area contributed by atoms with Crippen molar-refractivity contribution in [2.45, 2.75) is 5.16 Å². The topological polar surface area (TPSA) is 143 Å². The van der Waals surface area contributed by atoms with E-state index in [4.69, 9.17) is 5.11 Å². The van der Waals surface area contributed by atoms with Crippen LogP contribution in [0.3, 0.4) is 0 Å². The summed E-state index contributed by atoms with van der Waals surface area (Å²) in [6.45, 7) is -0.236. The molecule has 3 rings (SSSR count). The molecule has 138 valence electrons. The third kappa shape index (κ3) is 2.98. The van der Waals surface area contributed by atoms with Gasteiger partial charge in [-0.25, -0.2) is 18.2 Å². The van der Waals surface area contributed by atoms with E-state index in [9.17, 15) is 22.8 Å². The number of aromatic nitrogens is 3. The Bertz CT molecular complexity index is 1090. The monoisotopic (exact) mass is 381 g/mol. The molecule has 1 saturated heterocycles. The van der Waals surface area contributed by atoms with Crippen LogP contribution in [-0.2, 0) is 21.7 Å². The number of pyridine rings is 1. The fraction of sp³-hybridized carbons (Fsp3) is 0.357. The summed E-state index contributed by atoms with van der Waals surface area (Å²) in [5, 5.41) is 8.94. The summed E-state index contributed by atoms with van der Waals surface area (Å²) in [6, 6.07) is 1.40. The standard InChI is InChI=1S/C14H15N5O6S/c1-17-11-8(6-15-13(16-11)26(2,24)25)5-9(12(17)21)19-4-3-18(14(22)23)7-10(19)20/h5-6H,3-4,7H2,1-2H3,(H,22,23). The normalized spacial score (nSPS) is 15.5. The second-order valence-electron chi connectivity index (χ2n) is 5.85. The van der Waals surface area contributed by atoms with Crippen molar-refractivity contribution in [2.75, 3.05) is 30.8 Å². The number of rotatable bonds is 2. The molecule has 2 amide bonds. The Kier molecular flexibility index (Phi) is 4.14. The number of hydrogen-bond donors (Lipinski definition) is 1. The maximum atomic E-state index is 12.6. The van der Waals surface area contributed by atoms with Gasteiger partial charge in [-0.3, -0.25) is 19.1 Å². The van der Waals surface area contributed by atoms with Gasteiger partial charge < -0.3 is 10.0 Å². The van der Waals surface area contributed by atoms with Gasteiger partial charge >= 0.3 is 6.09 Å². The van der Waals surface area contributed by atoms with Crippen LogP contribution in [0.2, 0.25) is 0 Å². The molecule has 2 aromatic rings. The number of anilines is 1. The van der Waals surface area contributed by atoms with Crippen molar-refractivity contribution < 1.29 is 23.1 Å². The van der Waals surface area contributed by atoms with Crippen molar-refractivity contribution in [1.82, 2.24) is 19.4 Å². The lowest BCUT2D eigenvalue weighted by Gasteiger charge is -2.32. The highest BCUT2D eigenvalue weighted by Gasteiger charge is 2.30. The predicted octanol–water partition coefficient (Wildman–Crippen LogP) is -0.941. The molecule has 0 radical (unpaired) electrons. The van der Waals surface area contributed by atoms with Crippen LogP contribution in [0.15, 0.2) is 22.2 Å². The molecule has 2 aromatic heterocycles. The summed E-state index contributed by atoms with van der Waals surface area (Å²) in [5.74, 6) is -0.524. The zero-order valence-electron chi connectivity index (χ0n) is 13.9. The lowest BCUT2D eigenvalue weighted by atomic mass is 10.2. The molecule has 0 atom stereocenters. The first-order valence-electron chi connectivity index (χ1n) is 7.44. The first kappa shape index (κ1) is 17.8. The third-order valence-corrected chi connectivity index (χ3v) is 4.88. The Balaban J connectivity index is 2.09. The quantitative estimate of drug-likeness (QED) is 0.657. The molecule has 1 aliphatic rings. The van der Waals surface area contributed by atoms with Gasteiger partial charge in [0.05, 0.1) is 0 Å². The van der Waals surface area contributed by atoms with Gasteiger partial charge in [0.15, 0.2) is 0 Å². The van der Waals surface area contributed by atoms with Crippen LogP contribution in [0.5, 0.6) is 0 Å². The van der Waals surface area contributed by atoms with E-state index < -0.39 is 32.6 Å². The van der Waals surface area contributed by atoms with Gasteiger partial charge in [-0.05, 0) is 6.07 Å². The number of amides is 2. The van der Waals surface area contributed by atoms with E-state index in [1.165, 1.54) is 24.2 Å². The Labute approximate surface area is 147 Å². The van der Waals surface area contributed by atoms with Crippen molar-refractivity contribution in [3.05, 3.63) is 22.6 Å². The molecule has 11 nitrogen and oxygen atoms in total. The first-order chi connectivity index (χ1) is 12.1. The maximum absolute atomic E-state index is 12.6. The van der Waals surface area contributed by atoms with Crippen molar-refractivity contribution in [2.24, 2.45) is 7.05 Å². The summed E-state index contributed by atoms with van der Waals surface area (Å²) in [7, 11) is -2.23. The van der Waals surface area contributed by atoms with E-state index in [2.05, 4.69) is 9.97 Å². The van der Waals surface area contributed by atoms with Crippen molar-refractivity contribution in [3.63, 3.8) is 0 Å². The van der Waals surface area contributed by atoms with Crippen LogP contribution in [-0.4, -0.2) is 70.8 Å². The number of aryl methyl sites for hydroxylation is 1. The van der Waals surface area contributed by atoms with Crippen LogP contribution in [0, 0.1) is 0 Å². The number of fused-ring (bicyclic) bond motifs is 1. The summed E-state index contributed by atoms with van der Waals surface area (Å²) in [6.07, 6.45) is 1.02. The third-order valence-electron chi connectivity index (χ3n) is 4.02. The van der Waals surface area contributed by atoms with E-state index in [0.717, 1.165) is 15.7 Å². The Morgan fingerprint density at radius 2 is 1.96 bits per heavy atom. The molecule has 3 heterocycles. The molecule has 0 spiro atoms. The van der Waals surface area contributed by atoms with E-state index in [-0.39, 0.29) is 31.0 Å². The van der Waals surface area contributed by atoms with Crippen LogP contribution < -0.4 is 10.5 Å². The maximum Gasteiger partial charge on any atom is 0.407 e. The van der Waals surface area contributed by atoms with Gasteiger partial charge in [0.1, 0.15) is 17.9 Å². The highest BCUT2D eigenvalue weighted by Crippen LogP contribution is 2.19. The fourth-order valence-electron chi connectivity index (χ4n) is 2.68. The lowest BCUT2D eigenvalue weighted by Crippen LogP contribution is -2.53. The van der Waals surface area contributed by atoms with Gasteiger partial charge in [-0.15, -0.1) is 0 Å². The SMILES string of the molecule is Cn1c(=O)c(N2CCN(C(=O)O)CC2=O)cc2cnc(S(C)(=O)=O)nc21. The second-order valence-corrected chi connectivity index (χ2v) is 7.76. The van der Waals surface area contributed by atoms with Gasteiger partial charge in [-0.1, -0.05) is 0 Å². The number of carbonyl (C=O) groups excluding carboxylic acids is 1. The Hall–Kier alpha value is -3.02. The Morgan fingerprint density at radius 1 is 1.27 bits per heavy atom. The number of nitrogens with zero attached hydrogens (tertiary/aromatic N) is 5. The summed E-state index contributed by atoms with van der Waals surface area (Å²) in [5.41, 5.74) is -0.371. The molecular formula is C14H15N5O6S. The van der Waals surface area contributed by atoms with E-state index in [0.29, 0.717) is 5.39 Å². The van der Waals surface area contributed by atoms with E-state index in [1.54, 1.807) is 0 Å². The number of hydrogen-bond acceptors (Lipinski definition) is 7. The van der Waals surface area contributed by atoms with Gasteiger partial charge in [-0.2, -0.15) is 4.98 Å². The van der Waals surface area contributed by atoms with Gasteiger partial charge in [0.2, 0.25) is 20.9 Å². The number of sulfone groups is 1. The summed E-state index contributed by atoms with van der Waals surface area (Å²) in [4.78, 5) is 45.8. The molecule has 1 fully saturated rings. The average molecular weight is 381 g/mol. The highest BCUT2D eigenvalue weighted by molar-refractivity contribution is 7.90. The van der Waals surface area contributed by atoms with E-state index >= 15 is 0 Å². The minimum absolute atomic E-state index is 0.0359. The van der Waals surface area contributed by atoms with Gasteiger partial charge in [0.25, 0.3) is 5.56 Å². The van der Waals surface area contributed by atoms with Crippen LogP contribution in [0.1, 0.15) is 0 Å². The zero-order chi connectivity index (χ0) is 19.2. The van der Waals surface area contributed by atoms with Crippen molar-refractivity contribution in [1.29, 1.82) is 0 Å². The lowest BCUT2D eigenvalue weighted by molar-refractivity contribution is -0.120. The van der Waals surface area contributed by atoms with Crippen LogP contribution in [0.4, 0.5) is 10.5 Å². The smallest absolute Gasteiger partial charge is 0.407 e. The minimum Gasteiger partial charge on any atom is -0.465 e. The van der Waals surface area contributed by atoms with Crippen molar-refractivity contribution in [3.8, 4) is 0 Å². The Morgan fingerprint density at radius 3 is 2.54 bits per heavy atom. The number of carboxylic acid groups (broad SMARTS) is 1. The molecule has 0 bridgehead atoms. The number of piperazine rings is 1. The average Bonchev–Trinajstić information content (AvgIpc) is 2.57. The molecule has 0 unspecified atom stereocenters. The molecule has 1 aliphatic heterocycles. The second kappa shape index (κ2) is 6.05. The molecule has 0 aromatic carbocycles. The van der Waals surface area contributed by atoms with Crippen LogP contribution in [0.25, 0.3) is 11.0 Å². The van der Waals surface area contributed by atoms with Crippen molar-refractivity contribution >= 4 is 38.6 Å². The minimum atomic E-state index is -3.64. The van der Waals surface area contributed by atoms with Gasteiger partial charge in [0, 0.05) is 38.0 Å².